The Morgan fingerprint density at radius 3 is 2.06 bits per heavy atom. The molecule has 5 atom stereocenters. The Hall–Kier alpha value is -0.206. The Labute approximate surface area is 208 Å². The van der Waals surface area contributed by atoms with Crippen molar-refractivity contribution in [3.63, 3.8) is 0 Å². The molecule has 1 fully saturated rings. The molecule has 0 aliphatic heterocycles. The van der Waals surface area contributed by atoms with Crippen molar-refractivity contribution in [2.75, 3.05) is 0 Å². The van der Waals surface area contributed by atoms with E-state index < -0.39 is 16.6 Å². The second kappa shape index (κ2) is 12.2. The van der Waals surface area contributed by atoms with Gasteiger partial charge < -0.3 is 14.0 Å². The first kappa shape index (κ1) is 30.8. The fourth-order valence-corrected chi connectivity index (χ4v) is 6.83. The van der Waals surface area contributed by atoms with E-state index in [-0.39, 0.29) is 40.2 Å². The van der Waals surface area contributed by atoms with Crippen LogP contribution >= 0.6 is 0 Å². The number of aliphatic hydroxyl groups excluding tert-OH is 1. The van der Waals surface area contributed by atoms with E-state index in [4.69, 9.17) is 8.85 Å². The van der Waals surface area contributed by atoms with Crippen LogP contribution in [0.15, 0.2) is 24.8 Å². The summed E-state index contributed by atoms with van der Waals surface area (Å²) < 4.78 is 13.7. The molecule has 0 saturated heterocycles. The van der Waals surface area contributed by atoms with Gasteiger partial charge in [-0.05, 0) is 61.4 Å². The summed E-state index contributed by atoms with van der Waals surface area (Å²) >= 11 is 0. The third-order valence-electron chi connectivity index (χ3n) is 8.48. The van der Waals surface area contributed by atoms with Crippen molar-refractivity contribution in [1.82, 2.24) is 0 Å². The molecule has 1 unspecified atom stereocenters. The van der Waals surface area contributed by atoms with Gasteiger partial charge in [0, 0.05) is 5.92 Å². The van der Waals surface area contributed by atoms with E-state index in [1.54, 1.807) is 0 Å². The summed E-state index contributed by atoms with van der Waals surface area (Å²) in [4.78, 5) is 0. The Morgan fingerprint density at radius 1 is 1.00 bits per heavy atom. The zero-order chi connectivity index (χ0) is 25.7. The SMILES string of the molecule is C=CC[C@H]1[C@@H](O)CC(O[Si](C)(C)C(C)(C)C)[C@@H]1/C=C/[C@H](CCCCC)O[Si](C)(C)C(C)(C)C. The lowest BCUT2D eigenvalue weighted by Crippen LogP contribution is -2.45. The quantitative estimate of drug-likeness (QED) is 0.167. The molecular formula is C28H56O3Si2. The second-order valence-corrected chi connectivity index (χ2v) is 22.8. The first-order chi connectivity index (χ1) is 15.0. The van der Waals surface area contributed by atoms with Gasteiger partial charge in [0.05, 0.1) is 18.3 Å². The van der Waals surface area contributed by atoms with Gasteiger partial charge in [0.2, 0.25) is 0 Å². The van der Waals surface area contributed by atoms with Gasteiger partial charge in [-0.1, -0.05) is 86.0 Å². The summed E-state index contributed by atoms with van der Waals surface area (Å²) in [6.07, 6.45) is 12.7. The number of hydrogen-bond acceptors (Lipinski definition) is 3. The number of rotatable bonds is 12. The van der Waals surface area contributed by atoms with E-state index in [0.29, 0.717) is 6.42 Å². The van der Waals surface area contributed by atoms with Crippen LogP contribution in [0.4, 0.5) is 0 Å². The predicted molar refractivity (Wildman–Crippen MR) is 150 cm³/mol. The minimum Gasteiger partial charge on any atom is -0.413 e. The summed E-state index contributed by atoms with van der Waals surface area (Å²) in [7, 11) is -3.81. The largest absolute Gasteiger partial charge is 0.413 e. The Morgan fingerprint density at radius 2 is 1.58 bits per heavy atom. The van der Waals surface area contributed by atoms with Crippen LogP contribution in [-0.2, 0) is 8.85 Å². The van der Waals surface area contributed by atoms with Crippen LogP contribution in [-0.4, -0.2) is 40.1 Å². The molecule has 3 nitrogen and oxygen atoms in total. The number of unbranched alkanes of at least 4 members (excludes halogenated alkanes) is 2. The molecule has 1 aliphatic carbocycles. The molecule has 1 rings (SSSR count). The molecule has 194 valence electrons. The zero-order valence-corrected chi connectivity index (χ0v) is 25.8. The smallest absolute Gasteiger partial charge is 0.192 e. The summed E-state index contributed by atoms with van der Waals surface area (Å²) in [5.74, 6) is 0.362. The fraction of sp³-hybridized carbons (Fsp3) is 0.857. The van der Waals surface area contributed by atoms with E-state index in [2.05, 4.69) is 93.4 Å². The predicted octanol–water partition coefficient (Wildman–Crippen LogP) is 8.48. The average molecular weight is 497 g/mol. The molecule has 0 amide bonds. The monoisotopic (exact) mass is 496 g/mol. The molecule has 1 aliphatic rings. The van der Waals surface area contributed by atoms with Crippen molar-refractivity contribution < 1.29 is 14.0 Å². The molecule has 1 saturated carbocycles. The number of hydrogen-bond donors (Lipinski definition) is 1. The van der Waals surface area contributed by atoms with Crippen LogP contribution in [0.3, 0.4) is 0 Å². The first-order valence-electron chi connectivity index (χ1n) is 13.3. The van der Waals surface area contributed by atoms with Gasteiger partial charge in [0.15, 0.2) is 16.6 Å². The summed E-state index contributed by atoms with van der Waals surface area (Å²) in [6.45, 7) is 29.3. The average Bonchev–Trinajstić information content (AvgIpc) is 2.92. The number of allylic oxidation sites excluding steroid dienone is 1. The molecule has 1 N–H and O–H groups in total. The molecule has 5 heteroatoms. The van der Waals surface area contributed by atoms with Gasteiger partial charge >= 0.3 is 0 Å². The fourth-order valence-electron chi connectivity index (χ4n) is 4.15. The van der Waals surface area contributed by atoms with Gasteiger partial charge in [-0.3, -0.25) is 0 Å². The van der Waals surface area contributed by atoms with Gasteiger partial charge in [0.25, 0.3) is 0 Å². The maximum absolute atomic E-state index is 10.9. The van der Waals surface area contributed by atoms with Crippen LogP contribution in [0, 0.1) is 11.8 Å². The highest BCUT2D eigenvalue weighted by molar-refractivity contribution is 6.74. The van der Waals surface area contributed by atoms with Crippen molar-refractivity contribution in [3.8, 4) is 0 Å². The van der Waals surface area contributed by atoms with Gasteiger partial charge in [-0.25, -0.2) is 0 Å². The highest BCUT2D eigenvalue weighted by atomic mass is 28.4. The van der Waals surface area contributed by atoms with E-state index in [0.717, 1.165) is 12.8 Å². The minimum absolute atomic E-state index is 0.0613. The van der Waals surface area contributed by atoms with Crippen LogP contribution in [0.25, 0.3) is 0 Å². The normalized spacial score (nSPS) is 26.2. The minimum atomic E-state index is -1.93. The molecule has 0 bridgehead atoms. The Bertz CT molecular complexity index is 628. The molecule has 0 aromatic heterocycles. The summed E-state index contributed by atoms with van der Waals surface area (Å²) in [5, 5.41) is 11.3. The van der Waals surface area contributed by atoms with Crippen LogP contribution in [0.2, 0.25) is 36.3 Å². The lowest BCUT2D eigenvalue weighted by molar-refractivity contribution is 0.122. The molecule has 0 aromatic rings. The highest BCUT2D eigenvalue weighted by Crippen LogP contribution is 2.44. The third-order valence-corrected chi connectivity index (χ3v) is 17.5. The molecule has 0 heterocycles. The van der Waals surface area contributed by atoms with Crippen LogP contribution in [0.5, 0.6) is 0 Å². The number of aliphatic hydroxyl groups is 1. The van der Waals surface area contributed by atoms with Gasteiger partial charge in [-0.15, -0.1) is 6.58 Å². The third kappa shape index (κ3) is 8.75. The maximum Gasteiger partial charge on any atom is 0.192 e. The molecule has 0 aromatic carbocycles. The second-order valence-electron chi connectivity index (χ2n) is 13.3. The molecule has 0 spiro atoms. The lowest BCUT2D eigenvalue weighted by Gasteiger charge is -2.40. The maximum atomic E-state index is 10.9. The van der Waals surface area contributed by atoms with E-state index in [1.165, 1.54) is 19.3 Å². The van der Waals surface area contributed by atoms with Crippen molar-refractivity contribution in [3.05, 3.63) is 24.8 Å². The van der Waals surface area contributed by atoms with E-state index in [9.17, 15) is 5.11 Å². The van der Waals surface area contributed by atoms with Crippen molar-refractivity contribution in [1.29, 1.82) is 0 Å². The van der Waals surface area contributed by atoms with Crippen LogP contribution < -0.4 is 0 Å². The highest BCUT2D eigenvalue weighted by Gasteiger charge is 2.47. The zero-order valence-electron chi connectivity index (χ0n) is 23.8. The topological polar surface area (TPSA) is 38.7 Å². The molecule has 0 radical (unpaired) electrons. The van der Waals surface area contributed by atoms with Crippen molar-refractivity contribution in [2.45, 2.75) is 142 Å². The molecular weight excluding hydrogens is 440 g/mol. The van der Waals surface area contributed by atoms with Gasteiger partial charge in [0.1, 0.15) is 0 Å². The summed E-state index contributed by atoms with van der Waals surface area (Å²) in [5.41, 5.74) is 0. The first-order valence-corrected chi connectivity index (χ1v) is 19.1. The standard InChI is InChI=1S/C28H56O3Si2/c1-13-15-16-18-22(30-32(9,10)27(3,4)5)19-20-24-23(17-14-2)25(29)21-26(24)31-33(11,12)28(6,7)8/h14,19-20,22-26,29H,2,13,15-18,21H2,1,3-12H3/b20-19+/t22-,23+,24+,25-,26?/m0/s1. The van der Waals surface area contributed by atoms with E-state index in [1.807, 2.05) is 6.08 Å². The summed E-state index contributed by atoms with van der Waals surface area (Å²) in [6, 6.07) is 0. The van der Waals surface area contributed by atoms with Crippen molar-refractivity contribution in [2.24, 2.45) is 11.8 Å². The Balaban J connectivity index is 3.19. The van der Waals surface area contributed by atoms with E-state index >= 15 is 0 Å². The van der Waals surface area contributed by atoms with Crippen molar-refractivity contribution >= 4 is 16.6 Å². The molecule has 33 heavy (non-hydrogen) atoms. The lowest BCUT2D eigenvalue weighted by atomic mass is 9.90. The van der Waals surface area contributed by atoms with Crippen LogP contribution in [0.1, 0.15) is 87.0 Å². The van der Waals surface area contributed by atoms with Gasteiger partial charge in [-0.2, -0.15) is 0 Å². The Kier molecular flexibility index (Phi) is 11.4.